The highest BCUT2D eigenvalue weighted by molar-refractivity contribution is 8.16. The SMILES string of the molecule is CCCCCCCCCCCCCCSCC(=O)SC(CN)CN. The molecule has 0 amide bonds. The standard InChI is InChI=1S/C19H40N2OS2/c1-2-3-4-5-6-7-8-9-10-11-12-13-14-23-17-19(22)24-18(15-20)16-21/h18H,2-17,20-21H2,1H3. The quantitative estimate of drug-likeness (QED) is 0.331. The second-order valence-corrected chi connectivity index (χ2v) is 8.99. The first-order valence-electron chi connectivity index (χ1n) is 9.91. The van der Waals surface area contributed by atoms with E-state index < -0.39 is 0 Å². The molecular weight excluding hydrogens is 336 g/mol. The Morgan fingerprint density at radius 2 is 1.25 bits per heavy atom. The predicted molar refractivity (Wildman–Crippen MR) is 113 cm³/mol. The van der Waals surface area contributed by atoms with Crippen LogP contribution in [0, 0.1) is 0 Å². The first-order valence-corrected chi connectivity index (χ1v) is 11.9. The lowest BCUT2D eigenvalue weighted by molar-refractivity contribution is -0.108. The summed E-state index contributed by atoms with van der Waals surface area (Å²) in [6, 6.07) is 0. The van der Waals surface area contributed by atoms with E-state index in [-0.39, 0.29) is 10.4 Å². The highest BCUT2D eigenvalue weighted by Gasteiger charge is 2.11. The smallest absolute Gasteiger partial charge is 0.199 e. The number of thioether (sulfide) groups is 2. The van der Waals surface area contributed by atoms with Crippen LogP contribution in [0.4, 0.5) is 0 Å². The molecule has 0 saturated carbocycles. The number of nitrogens with two attached hydrogens (primary N) is 2. The molecule has 0 aliphatic rings. The van der Waals surface area contributed by atoms with Gasteiger partial charge in [-0.1, -0.05) is 89.3 Å². The van der Waals surface area contributed by atoms with Crippen LogP contribution in [0.25, 0.3) is 0 Å². The van der Waals surface area contributed by atoms with Crippen molar-refractivity contribution in [2.24, 2.45) is 11.5 Å². The molecule has 3 nitrogen and oxygen atoms in total. The van der Waals surface area contributed by atoms with Gasteiger partial charge in [0, 0.05) is 18.3 Å². The fourth-order valence-corrected chi connectivity index (χ4v) is 4.42. The van der Waals surface area contributed by atoms with Gasteiger partial charge < -0.3 is 11.5 Å². The van der Waals surface area contributed by atoms with Gasteiger partial charge in [-0.25, -0.2) is 0 Å². The third-order valence-electron chi connectivity index (χ3n) is 4.19. The fourth-order valence-electron chi connectivity index (χ4n) is 2.61. The Labute approximate surface area is 158 Å². The summed E-state index contributed by atoms with van der Waals surface area (Å²) in [6.45, 7) is 3.24. The Morgan fingerprint density at radius 1 is 0.792 bits per heavy atom. The van der Waals surface area contributed by atoms with Crippen molar-refractivity contribution in [1.29, 1.82) is 0 Å². The number of unbranched alkanes of at least 4 members (excludes halogenated alkanes) is 11. The number of carbonyl (C=O) groups is 1. The Kier molecular flexibility index (Phi) is 19.8. The molecule has 0 bridgehead atoms. The van der Waals surface area contributed by atoms with Crippen LogP contribution in [-0.4, -0.2) is 35.0 Å². The van der Waals surface area contributed by atoms with Crippen LogP contribution in [0.15, 0.2) is 0 Å². The molecule has 0 spiro atoms. The summed E-state index contributed by atoms with van der Waals surface area (Å²) in [4.78, 5) is 11.7. The van der Waals surface area contributed by atoms with Crippen molar-refractivity contribution in [2.45, 2.75) is 89.2 Å². The van der Waals surface area contributed by atoms with Crippen molar-refractivity contribution in [3.8, 4) is 0 Å². The second-order valence-electron chi connectivity index (χ2n) is 6.52. The van der Waals surface area contributed by atoms with Gasteiger partial charge in [-0.05, 0) is 12.2 Å². The lowest BCUT2D eigenvalue weighted by Crippen LogP contribution is -2.27. The number of rotatable bonds is 18. The molecular formula is C19H40N2OS2. The van der Waals surface area contributed by atoms with E-state index in [0.717, 1.165) is 5.75 Å². The topological polar surface area (TPSA) is 69.1 Å². The molecule has 0 aromatic carbocycles. The zero-order valence-electron chi connectivity index (χ0n) is 15.8. The van der Waals surface area contributed by atoms with Crippen molar-refractivity contribution in [3.05, 3.63) is 0 Å². The molecule has 24 heavy (non-hydrogen) atoms. The number of hydrogen-bond acceptors (Lipinski definition) is 5. The van der Waals surface area contributed by atoms with Crippen LogP contribution in [0.3, 0.4) is 0 Å². The van der Waals surface area contributed by atoms with Crippen molar-refractivity contribution in [2.75, 3.05) is 24.6 Å². The molecule has 0 atom stereocenters. The van der Waals surface area contributed by atoms with E-state index in [1.807, 2.05) is 0 Å². The Morgan fingerprint density at radius 3 is 1.71 bits per heavy atom. The molecule has 0 radical (unpaired) electrons. The average molecular weight is 377 g/mol. The summed E-state index contributed by atoms with van der Waals surface area (Å²) in [5, 5.41) is 0.310. The zero-order valence-corrected chi connectivity index (χ0v) is 17.4. The van der Waals surface area contributed by atoms with Gasteiger partial charge in [0.25, 0.3) is 0 Å². The maximum atomic E-state index is 11.7. The molecule has 4 N–H and O–H groups in total. The van der Waals surface area contributed by atoms with Crippen LogP contribution in [0.5, 0.6) is 0 Å². The first kappa shape index (κ1) is 24.3. The third-order valence-corrected chi connectivity index (χ3v) is 6.54. The summed E-state index contributed by atoms with van der Waals surface area (Å²) < 4.78 is 0. The minimum Gasteiger partial charge on any atom is -0.329 e. The van der Waals surface area contributed by atoms with E-state index in [4.69, 9.17) is 11.5 Å². The van der Waals surface area contributed by atoms with E-state index >= 15 is 0 Å². The van der Waals surface area contributed by atoms with Crippen LogP contribution >= 0.6 is 23.5 Å². The molecule has 0 heterocycles. The Balaban J connectivity index is 3.18. The number of carbonyl (C=O) groups excluding carboxylic acids is 1. The van der Waals surface area contributed by atoms with E-state index in [0.29, 0.717) is 18.8 Å². The largest absolute Gasteiger partial charge is 0.329 e. The van der Waals surface area contributed by atoms with Gasteiger partial charge in [0.1, 0.15) is 0 Å². The first-order chi connectivity index (χ1) is 11.7. The van der Waals surface area contributed by atoms with E-state index in [9.17, 15) is 4.79 Å². The van der Waals surface area contributed by atoms with Gasteiger partial charge in [0.2, 0.25) is 0 Å². The van der Waals surface area contributed by atoms with Crippen molar-refractivity contribution >= 4 is 28.6 Å². The van der Waals surface area contributed by atoms with Crippen molar-refractivity contribution in [3.63, 3.8) is 0 Å². The van der Waals surface area contributed by atoms with Crippen molar-refractivity contribution in [1.82, 2.24) is 0 Å². The highest BCUT2D eigenvalue weighted by atomic mass is 32.2. The van der Waals surface area contributed by atoms with E-state index in [1.165, 1.54) is 88.8 Å². The van der Waals surface area contributed by atoms with Gasteiger partial charge in [-0.2, -0.15) is 11.8 Å². The van der Waals surface area contributed by atoms with Crippen LogP contribution in [0.1, 0.15) is 84.0 Å². The third kappa shape index (κ3) is 17.1. The molecule has 0 saturated heterocycles. The molecule has 0 aliphatic carbocycles. The maximum Gasteiger partial charge on any atom is 0.199 e. The van der Waals surface area contributed by atoms with Gasteiger partial charge in [0.15, 0.2) is 5.12 Å². The van der Waals surface area contributed by atoms with Crippen LogP contribution < -0.4 is 11.5 Å². The average Bonchev–Trinajstić information content (AvgIpc) is 2.60. The van der Waals surface area contributed by atoms with Gasteiger partial charge >= 0.3 is 0 Å². The van der Waals surface area contributed by atoms with Crippen LogP contribution in [-0.2, 0) is 4.79 Å². The second kappa shape index (κ2) is 19.6. The molecule has 0 aromatic heterocycles. The molecule has 5 heteroatoms. The van der Waals surface area contributed by atoms with E-state index in [2.05, 4.69) is 6.92 Å². The van der Waals surface area contributed by atoms with E-state index in [1.54, 1.807) is 11.8 Å². The summed E-state index contributed by atoms with van der Waals surface area (Å²) in [6.07, 6.45) is 16.5. The Hall–Kier alpha value is 0.290. The maximum absolute atomic E-state index is 11.7. The lowest BCUT2D eigenvalue weighted by atomic mass is 10.1. The summed E-state index contributed by atoms with van der Waals surface area (Å²) >= 11 is 3.07. The summed E-state index contributed by atoms with van der Waals surface area (Å²) in [7, 11) is 0. The fraction of sp³-hybridized carbons (Fsp3) is 0.947. The van der Waals surface area contributed by atoms with Crippen LogP contribution in [0.2, 0.25) is 0 Å². The van der Waals surface area contributed by atoms with Crippen molar-refractivity contribution < 1.29 is 4.79 Å². The molecule has 0 aromatic rings. The van der Waals surface area contributed by atoms with Gasteiger partial charge in [-0.3, -0.25) is 4.79 Å². The molecule has 0 fully saturated rings. The zero-order chi connectivity index (χ0) is 17.9. The molecule has 0 aliphatic heterocycles. The molecule has 0 unspecified atom stereocenters. The van der Waals surface area contributed by atoms with Gasteiger partial charge in [0.05, 0.1) is 5.75 Å². The van der Waals surface area contributed by atoms with Gasteiger partial charge in [-0.15, -0.1) is 0 Å². The molecule has 144 valence electrons. The minimum absolute atomic E-state index is 0.0877. The predicted octanol–water partition coefficient (Wildman–Crippen LogP) is 4.97. The highest BCUT2D eigenvalue weighted by Crippen LogP contribution is 2.16. The number of hydrogen-bond donors (Lipinski definition) is 2. The summed E-state index contributed by atoms with van der Waals surface area (Å²) in [5.74, 6) is 1.69. The normalized spacial score (nSPS) is 11.3. The molecule has 0 rings (SSSR count). The minimum atomic E-state index is 0.0877. The summed E-state index contributed by atoms with van der Waals surface area (Å²) in [5.41, 5.74) is 11.1. The Bertz CT molecular complexity index is 274. The monoisotopic (exact) mass is 376 g/mol. The lowest BCUT2D eigenvalue weighted by Gasteiger charge is -2.09.